The Hall–Kier alpha value is -2.93. The number of halogens is 4. The lowest BCUT2D eigenvalue weighted by Gasteiger charge is -2.11. The highest BCUT2D eigenvalue weighted by molar-refractivity contribution is 5.79. The van der Waals surface area contributed by atoms with Crippen molar-refractivity contribution in [3.8, 4) is 0 Å². The van der Waals surface area contributed by atoms with Crippen molar-refractivity contribution in [1.29, 1.82) is 0 Å². The molecule has 0 aliphatic rings. The molecule has 0 spiro atoms. The summed E-state index contributed by atoms with van der Waals surface area (Å²) in [7, 11) is 0. The summed E-state index contributed by atoms with van der Waals surface area (Å²) >= 11 is 0. The average Bonchev–Trinajstić information content (AvgIpc) is 3.17. The zero-order valence-electron chi connectivity index (χ0n) is 14.1. The van der Waals surface area contributed by atoms with Gasteiger partial charge in [0.2, 0.25) is 0 Å². The predicted octanol–water partition coefficient (Wildman–Crippen LogP) is 5.22. The number of aromatic nitrogens is 2. The molecule has 3 rings (SSSR count). The van der Waals surface area contributed by atoms with E-state index in [-0.39, 0.29) is 12.2 Å². The molecular formula is C20H16F4N2O. The smallest absolute Gasteiger partial charge is 0.373 e. The molecule has 3 nitrogen and oxygen atoms in total. The van der Waals surface area contributed by atoms with Crippen LogP contribution in [-0.2, 0) is 17.5 Å². The third kappa shape index (κ3) is 4.83. The van der Waals surface area contributed by atoms with Crippen LogP contribution in [0.5, 0.6) is 0 Å². The Morgan fingerprint density at radius 3 is 2.52 bits per heavy atom. The number of hydrogen-bond acceptors (Lipinski definition) is 2. The van der Waals surface area contributed by atoms with Crippen LogP contribution in [0.1, 0.15) is 22.3 Å². The molecule has 0 saturated heterocycles. The molecule has 0 atom stereocenters. The SMILES string of the molecule is Fc1cc(C(F)(F)F)ccc1C(=CCOCc1ccccc1)c1cn[nH]c1. The molecule has 3 aromatic rings. The number of rotatable bonds is 6. The summed E-state index contributed by atoms with van der Waals surface area (Å²) in [6.45, 7) is 0.529. The number of alkyl halides is 3. The molecule has 1 aromatic heterocycles. The van der Waals surface area contributed by atoms with Gasteiger partial charge in [0, 0.05) is 17.3 Å². The van der Waals surface area contributed by atoms with Gasteiger partial charge in [-0.1, -0.05) is 42.5 Å². The summed E-state index contributed by atoms with van der Waals surface area (Å²) in [6.07, 6.45) is 0.0391. The van der Waals surface area contributed by atoms with Gasteiger partial charge in [-0.15, -0.1) is 0 Å². The van der Waals surface area contributed by atoms with E-state index in [1.807, 2.05) is 30.3 Å². The first-order valence-electron chi connectivity index (χ1n) is 8.13. The van der Waals surface area contributed by atoms with Crippen molar-refractivity contribution in [1.82, 2.24) is 10.2 Å². The van der Waals surface area contributed by atoms with E-state index in [1.54, 1.807) is 12.3 Å². The topological polar surface area (TPSA) is 37.9 Å². The van der Waals surface area contributed by atoms with Crippen LogP contribution < -0.4 is 0 Å². The van der Waals surface area contributed by atoms with Crippen LogP contribution in [0, 0.1) is 5.82 Å². The van der Waals surface area contributed by atoms with Gasteiger partial charge in [0.25, 0.3) is 0 Å². The summed E-state index contributed by atoms with van der Waals surface area (Å²) in [5.41, 5.74) is 0.958. The Balaban J connectivity index is 1.82. The maximum absolute atomic E-state index is 14.4. The molecule has 0 bridgehead atoms. The van der Waals surface area contributed by atoms with Gasteiger partial charge < -0.3 is 4.74 Å². The highest BCUT2D eigenvalue weighted by atomic mass is 19.4. The fraction of sp³-hybridized carbons (Fsp3) is 0.150. The molecule has 0 saturated carbocycles. The number of aromatic amines is 1. The van der Waals surface area contributed by atoms with E-state index >= 15 is 0 Å². The molecule has 7 heteroatoms. The van der Waals surface area contributed by atoms with Crippen molar-refractivity contribution in [3.05, 3.63) is 95.1 Å². The fourth-order valence-electron chi connectivity index (χ4n) is 2.58. The molecular weight excluding hydrogens is 360 g/mol. The van der Waals surface area contributed by atoms with Crippen LogP contribution in [0.25, 0.3) is 5.57 Å². The first-order valence-corrected chi connectivity index (χ1v) is 8.13. The van der Waals surface area contributed by atoms with E-state index < -0.39 is 17.6 Å². The minimum absolute atomic E-state index is 0.0488. The number of hydrogen-bond donors (Lipinski definition) is 1. The van der Waals surface area contributed by atoms with Crippen LogP contribution in [0.15, 0.2) is 67.0 Å². The number of nitrogens with zero attached hydrogens (tertiary/aromatic N) is 1. The second-order valence-electron chi connectivity index (χ2n) is 5.80. The second-order valence-corrected chi connectivity index (χ2v) is 5.80. The van der Waals surface area contributed by atoms with Gasteiger partial charge in [-0.2, -0.15) is 18.3 Å². The molecule has 140 valence electrons. The normalized spacial score (nSPS) is 12.4. The first-order chi connectivity index (χ1) is 12.9. The van der Waals surface area contributed by atoms with E-state index in [1.165, 1.54) is 6.20 Å². The van der Waals surface area contributed by atoms with Crippen LogP contribution >= 0.6 is 0 Å². The van der Waals surface area contributed by atoms with E-state index in [2.05, 4.69) is 10.2 Å². The number of H-pyrrole nitrogens is 1. The zero-order valence-corrected chi connectivity index (χ0v) is 14.1. The number of benzene rings is 2. The van der Waals surface area contributed by atoms with Crippen LogP contribution in [-0.4, -0.2) is 16.8 Å². The molecule has 27 heavy (non-hydrogen) atoms. The van der Waals surface area contributed by atoms with Gasteiger partial charge in [0.1, 0.15) is 5.82 Å². The molecule has 0 amide bonds. The summed E-state index contributed by atoms with van der Waals surface area (Å²) in [4.78, 5) is 0. The van der Waals surface area contributed by atoms with Crippen LogP contribution in [0.4, 0.5) is 17.6 Å². The fourth-order valence-corrected chi connectivity index (χ4v) is 2.58. The molecule has 0 unspecified atom stereocenters. The molecule has 0 aliphatic carbocycles. The Bertz CT molecular complexity index is 903. The maximum atomic E-state index is 14.4. The highest BCUT2D eigenvalue weighted by Gasteiger charge is 2.31. The molecule has 0 radical (unpaired) electrons. The summed E-state index contributed by atoms with van der Waals surface area (Å²) in [5, 5.41) is 6.44. The lowest BCUT2D eigenvalue weighted by molar-refractivity contribution is -0.137. The largest absolute Gasteiger partial charge is 0.416 e. The highest BCUT2D eigenvalue weighted by Crippen LogP contribution is 2.33. The summed E-state index contributed by atoms with van der Waals surface area (Å²) in [5.74, 6) is -0.958. The number of nitrogens with one attached hydrogen (secondary N) is 1. The lowest BCUT2D eigenvalue weighted by atomic mass is 9.98. The first kappa shape index (κ1) is 18.8. The Labute approximate surface area is 153 Å². The molecule has 2 aromatic carbocycles. The quantitative estimate of drug-likeness (QED) is 0.473. The van der Waals surface area contributed by atoms with E-state index in [0.717, 1.165) is 17.7 Å². The van der Waals surface area contributed by atoms with Gasteiger partial charge in [0.15, 0.2) is 0 Å². The number of ether oxygens (including phenoxy) is 1. The zero-order chi connectivity index (χ0) is 19.3. The monoisotopic (exact) mass is 376 g/mol. The van der Waals surface area contributed by atoms with Crippen LogP contribution in [0.3, 0.4) is 0 Å². The third-order valence-corrected chi connectivity index (χ3v) is 3.91. The molecule has 1 heterocycles. The minimum atomic E-state index is -4.60. The van der Waals surface area contributed by atoms with Crippen molar-refractivity contribution in [3.63, 3.8) is 0 Å². The Morgan fingerprint density at radius 1 is 1.11 bits per heavy atom. The van der Waals surface area contributed by atoms with Gasteiger partial charge in [0.05, 0.1) is 25.0 Å². The summed E-state index contributed by atoms with van der Waals surface area (Å²) in [6, 6.07) is 12.0. The van der Waals surface area contributed by atoms with Crippen LogP contribution in [0.2, 0.25) is 0 Å². The van der Waals surface area contributed by atoms with Gasteiger partial charge in [-0.05, 0) is 23.3 Å². The van der Waals surface area contributed by atoms with E-state index in [9.17, 15) is 17.6 Å². The second kappa shape index (κ2) is 8.18. The third-order valence-electron chi connectivity index (χ3n) is 3.91. The van der Waals surface area contributed by atoms with Crippen molar-refractivity contribution >= 4 is 5.57 Å². The molecule has 0 aliphatic heterocycles. The van der Waals surface area contributed by atoms with Gasteiger partial charge >= 0.3 is 6.18 Å². The van der Waals surface area contributed by atoms with Gasteiger partial charge in [-0.3, -0.25) is 5.10 Å². The maximum Gasteiger partial charge on any atom is 0.416 e. The molecule has 1 N–H and O–H groups in total. The van der Waals surface area contributed by atoms with Crippen molar-refractivity contribution < 1.29 is 22.3 Å². The average molecular weight is 376 g/mol. The van der Waals surface area contributed by atoms with E-state index in [4.69, 9.17) is 4.74 Å². The standard InChI is InChI=1S/C20H16F4N2O/c21-19-10-16(20(22,23)24)6-7-18(19)17(15-11-25-26-12-15)8-9-27-13-14-4-2-1-3-5-14/h1-8,10-12H,9,13H2,(H,25,26). The summed E-state index contributed by atoms with van der Waals surface area (Å²) < 4.78 is 58.3. The van der Waals surface area contributed by atoms with Crippen molar-refractivity contribution in [2.45, 2.75) is 12.8 Å². The molecule has 0 fully saturated rings. The van der Waals surface area contributed by atoms with Gasteiger partial charge in [-0.25, -0.2) is 4.39 Å². The van der Waals surface area contributed by atoms with Crippen molar-refractivity contribution in [2.24, 2.45) is 0 Å². The Morgan fingerprint density at radius 2 is 1.89 bits per heavy atom. The minimum Gasteiger partial charge on any atom is -0.373 e. The lowest BCUT2D eigenvalue weighted by Crippen LogP contribution is -2.06. The van der Waals surface area contributed by atoms with E-state index in [0.29, 0.717) is 23.8 Å². The predicted molar refractivity (Wildman–Crippen MR) is 93.2 cm³/mol. The van der Waals surface area contributed by atoms with Crippen molar-refractivity contribution in [2.75, 3.05) is 6.61 Å². The Kier molecular flexibility index (Phi) is 5.71.